The molecule has 0 fully saturated rings. The molecular formula is C9H16N4S. The highest BCUT2D eigenvalue weighted by Gasteiger charge is 2.02. The second-order valence-corrected chi connectivity index (χ2v) is 3.86. The average molecular weight is 212 g/mol. The van der Waals surface area contributed by atoms with E-state index in [4.69, 9.17) is 12.2 Å². The number of aromatic nitrogens is 2. The zero-order valence-electron chi connectivity index (χ0n) is 8.72. The Bertz CT molecular complexity index is 306. The summed E-state index contributed by atoms with van der Waals surface area (Å²) in [6.07, 6.45) is 1.69. The minimum atomic E-state index is 0.357. The fraction of sp³-hybridized carbons (Fsp3) is 0.556. The summed E-state index contributed by atoms with van der Waals surface area (Å²) in [6, 6.07) is 0.357. The minimum Gasteiger partial charge on any atom is -0.361 e. The number of rotatable bonds is 3. The lowest BCUT2D eigenvalue weighted by Crippen LogP contribution is -2.38. The van der Waals surface area contributed by atoms with Crippen molar-refractivity contribution in [3.63, 3.8) is 0 Å². The van der Waals surface area contributed by atoms with Gasteiger partial charge in [-0.1, -0.05) is 0 Å². The molecular weight excluding hydrogens is 196 g/mol. The second kappa shape index (κ2) is 4.95. The molecule has 0 unspecified atom stereocenters. The van der Waals surface area contributed by atoms with Crippen molar-refractivity contribution in [1.82, 2.24) is 20.6 Å². The Morgan fingerprint density at radius 1 is 1.64 bits per heavy atom. The van der Waals surface area contributed by atoms with Gasteiger partial charge in [0.05, 0.1) is 18.6 Å². The average Bonchev–Trinajstić information content (AvgIpc) is 2.46. The van der Waals surface area contributed by atoms with Crippen LogP contribution in [-0.2, 0) is 6.54 Å². The molecule has 1 rings (SSSR count). The summed E-state index contributed by atoms with van der Waals surface area (Å²) in [5, 5.41) is 6.87. The first-order valence-electron chi connectivity index (χ1n) is 4.63. The maximum absolute atomic E-state index is 5.09. The molecule has 0 bridgehead atoms. The highest BCUT2D eigenvalue weighted by Crippen LogP contribution is 1.98. The number of H-pyrrole nitrogens is 1. The molecule has 78 valence electrons. The fourth-order valence-corrected chi connectivity index (χ4v) is 1.35. The third kappa shape index (κ3) is 3.33. The van der Waals surface area contributed by atoms with Crippen molar-refractivity contribution in [2.24, 2.45) is 0 Å². The Morgan fingerprint density at radius 3 is 2.86 bits per heavy atom. The first-order chi connectivity index (χ1) is 6.59. The van der Waals surface area contributed by atoms with Crippen LogP contribution < -0.4 is 10.6 Å². The lowest BCUT2D eigenvalue weighted by Gasteiger charge is -2.12. The number of aromatic amines is 1. The first-order valence-corrected chi connectivity index (χ1v) is 5.03. The van der Waals surface area contributed by atoms with Crippen molar-refractivity contribution in [3.8, 4) is 0 Å². The van der Waals surface area contributed by atoms with Gasteiger partial charge in [0.25, 0.3) is 0 Å². The van der Waals surface area contributed by atoms with E-state index in [-0.39, 0.29) is 0 Å². The van der Waals surface area contributed by atoms with Crippen LogP contribution in [0, 0.1) is 6.92 Å². The molecule has 5 heteroatoms. The largest absolute Gasteiger partial charge is 0.361 e. The SMILES string of the molecule is Cc1[nH]cnc1CNC(=S)NC(C)C. The Hall–Kier alpha value is -1.10. The van der Waals surface area contributed by atoms with Crippen molar-refractivity contribution >= 4 is 17.3 Å². The van der Waals surface area contributed by atoms with Gasteiger partial charge in [0.15, 0.2) is 5.11 Å². The summed E-state index contributed by atoms with van der Waals surface area (Å²) in [6.45, 7) is 6.75. The van der Waals surface area contributed by atoms with Gasteiger partial charge in [-0.25, -0.2) is 4.98 Å². The normalized spacial score (nSPS) is 10.3. The molecule has 0 radical (unpaired) electrons. The van der Waals surface area contributed by atoms with Gasteiger partial charge in [-0.3, -0.25) is 0 Å². The van der Waals surface area contributed by atoms with Crippen LogP contribution in [0.4, 0.5) is 0 Å². The van der Waals surface area contributed by atoms with Crippen molar-refractivity contribution < 1.29 is 0 Å². The monoisotopic (exact) mass is 212 g/mol. The molecule has 1 aromatic heterocycles. The van der Waals surface area contributed by atoms with Gasteiger partial charge >= 0.3 is 0 Å². The zero-order chi connectivity index (χ0) is 10.6. The molecule has 14 heavy (non-hydrogen) atoms. The van der Waals surface area contributed by atoms with E-state index in [1.807, 2.05) is 20.8 Å². The van der Waals surface area contributed by atoms with Crippen LogP contribution in [0.15, 0.2) is 6.33 Å². The molecule has 0 saturated heterocycles. The van der Waals surface area contributed by atoms with Crippen LogP contribution in [0.5, 0.6) is 0 Å². The van der Waals surface area contributed by atoms with Gasteiger partial charge in [-0.2, -0.15) is 0 Å². The summed E-state index contributed by atoms with van der Waals surface area (Å²) in [5.41, 5.74) is 2.07. The zero-order valence-corrected chi connectivity index (χ0v) is 9.53. The molecule has 0 aliphatic carbocycles. The van der Waals surface area contributed by atoms with Crippen LogP contribution in [0.25, 0.3) is 0 Å². The molecule has 1 aromatic rings. The van der Waals surface area contributed by atoms with Gasteiger partial charge in [-0.15, -0.1) is 0 Å². The van der Waals surface area contributed by atoms with Crippen molar-refractivity contribution in [3.05, 3.63) is 17.7 Å². The minimum absolute atomic E-state index is 0.357. The molecule has 0 atom stereocenters. The Kier molecular flexibility index (Phi) is 3.88. The fourth-order valence-electron chi connectivity index (χ4n) is 1.04. The van der Waals surface area contributed by atoms with Crippen LogP contribution >= 0.6 is 12.2 Å². The van der Waals surface area contributed by atoms with Crippen molar-refractivity contribution in [2.75, 3.05) is 0 Å². The van der Waals surface area contributed by atoms with E-state index in [9.17, 15) is 0 Å². The molecule has 3 N–H and O–H groups in total. The molecule has 0 aromatic carbocycles. The number of nitrogens with zero attached hydrogens (tertiary/aromatic N) is 1. The Morgan fingerprint density at radius 2 is 2.36 bits per heavy atom. The van der Waals surface area contributed by atoms with E-state index in [1.54, 1.807) is 6.33 Å². The predicted octanol–water partition coefficient (Wildman–Crippen LogP) is 1.09. The third-order valence-electron chi connectivity index (χ3n) is 1.77. The molecule has 1 heterocycles. The Balaban J connectivity index is 2.34. The lowest BCUT2D eigenvalue weighted by atomic mass is 10.3. The van der Waals surface area contributed by atoms with Gasteiger partial charge in [-0.05, 0) is 33.0 Å². The molecule has 0 aliphatic rings. The lowest BCUT2D eigenvalue weighted by molar-refractivity contribution is 0.709. The summed E-state index contributed by atoms with van der Waals surface area (Å²) in [7, 11) is 0. The quantitative estimate of drug-likeness (QED) is 0.657. The molecule has 0 spiro atoms. The van der Waals surface area contributed by atoms with Gasteiger partial charge in [0.1, 0.15) is 0 Å². The van der Waals surface area contributed by atoms with Crippen LogP contribution in [0.3, 0.4) is 0 Å². The maximum atomic E-state index is 5.09. The first kappa shape index (κ1) is 11.0. The summed E-state index contributed by atoms with van der Waals surface area (Å²) in [4.78, 5) is 7.18. The van der Waals surface area contributed by atoms with Crippen LogP contribution in [-0.4, -0.2) is 21.1 Å². The summed E-state index contributed by atoms with van der Waals surface area (Å²) >= 11 is 5.09. The van der Waals surface area contributed by atoms with Gasteiger partial charge in [0.2, 0.25) is 0 Å². The topological polar surface area (TPSA) is 52.7 Å². The standard InChI is InChI=1S/C9H16N4S/c1-6(2)13-9(14)10-4-8-7(3)11-5-12-8/h5-6H,4H2,1-3H3,(H,11,12)(H2,10,13,14). The number of aryl methyl sites for hydroxylation is 1. The number of hydrogen-bond acceptors (Lipinski definition) is 2. The maximum Gasteiger partial charge on any atom is 0.166 e. The smallest absolute Gasteiger partial charge is 0.166 e. The number of imidazole rings is 1. The molecule has 0 aliphatic heterocycles. The van der Waals surface area contributed by atoms with E-state index in [0.29, 0.717) is 17.7 Å². The molecule has 4 nitrogen and oxygen atoms in total. The highest BCUT2D eigenvalue weighted by molar-refractivity contribution is 7.80. The van der Waals surface area contributed by atoms with E-state index >= 15 is 0 Å². The van der Waals surface area contributed by atoms with E-state index in [0.717, 1.165) is 11.4 Å². The number of hydrogen-bond donors (Lipinski definition) is 3. The summed E-state index contributed by atoms with van der Waals surface area (Å²) in [5.74, 6) is 0. The summed E-state index contributed by atoms with van der Waals surface area (Å²) < 4.78 is 0. The van der Waals surface area contributed by atoms with Gasteiger partial charge < -0.3 is 15.6 Å². The number of thiocarbonyl (C=S) groups is 1. The van der Waals surface area contributed by atoms with Crippen molar-refractivity contribution in [2.45, 2.75) is 33.4 Å². The van der Waals surface area contributed by atoms with E-state index < -0.39 is 0 Å². The van der Waals surface area contributed by atoms with Crippen LogP contribution in [0.1, 0.15) is 25.2 Å². The van der Waals surface area contributed by atoms with Crippen LogP contribution in [0.2, 0.25) is 0 Å². The predicted molar refractivity (Wildman–Crippen MR) is 61.0 cm³/mol. The Labute approximate surface area is 89.5 Å². The molecule has 0 amide bonds. The highest BCUT2D eigenvalue weighted by atomic mass is 32.1. The number of nitrogens with one attached hydrogen (secondary N) is 3. The van der Waals surface area contributed by atoms with E-state index in [1.165, 1.54) is 0 Å². The van der Waals surface area contributed by atoms with Gasteiger partial charge in [0, 0.05) is 11.7 Å². The van der Waals surface area contributed by atoms with Crippen molar-refractivity contribution in [1.29, 1.82) is 0 Å². The third-order valence-corrected chi connectivity index (χ3v) is 2.03. The van der Waals surface area contributed by atoms with E-state index in [2.05, 4.69) is 20.6 Å². The second-order valence-electron chi connectivity index (χ2n) is 3.46. The molecule has 0 saturated carbocycles.